The Kier molecular flexibility index (Phi) is 5.61. The number of hydrogen-bond acceptors (Lipinski definition) is 3. The minimum absolute atomic E-state index is 0.156. The van der Waals surface area contributed by atoms with E-state index in [1.165, 1.54) is 0 Å². The first-order chi connectivity index (χ1) is 6.13. The third-order valence-electron chi connectivity index (χ3n) is 2.11. The Hall–Kier alpha value is -0.650. The lowest BCUT2D eigenvalue weighted by atomic mass is 10.3. The summed E-state index contributed by atoms with van der Waals surface area (Å²) < 4.78 is -0.247. The Labute approximate surface area is 77.8 Å². The molecule has 0 radical (unpaired) electrons. The standard InChI is InChI=1S/C8H17NO4/c1-2-3-9(4-6-10,5-7-11)8(12)13/h10-11H,2-7H2,1H3/p+1. The monoisotopic (exact) mass is 192 g/mol. The smallest absolute Gasteiger partial charge is 0.435 e. The van der Waals surface area contributed by atoms with Crippen molar-refractivity contribution in [2.24, 2.45) is 0 Å². The zero-order chi connectivity index (χ0) is 10.3. The highest BCUT2D eigenvalue weighted by molar-refractivity contribution is 5.56. The summed E-state index contributed by atoms with van der Waals surface area (Å²) in [5, 5.41) is 26.5. The van der Waals surface area contributed by atoms with Gasteiger partial charge in [-0.3, -0.25) is 0 Å². The lowest BCUT2D eigenvalue weighted by molar-refractivity contribution is -0.858. The van der Waals surface area contributed by atoms with Gasteiger partial charge in [0, 0.05) is 0 Å². The molecule has 5 nitrogen and oxygen atoms in total. The van der Waals surface area contributed by atoms with E-state index in [0.717, 1.165) is 0 Å². The van der Waals surface area contributed by atoms with Gasteiger partial charge >= 0.3 is 6.09 Å². The molecule has 0 saturated heterocycles. The molecule has 0 unspecified atom stereocenters. The van der Waals surface area contributed by atoms with Gasteiger partial charge in [0.05, 0.1) is 19.8 Å². The van der Waals surface area contributed by atoms with E-state index in [1.54, 1.807) is 0 Å². The Morgan fingerprint density at radius 3 is 1.85 bits per heavy atom. The van der Waals surface area contributed by atoms with Gasteiger partial charge in [0.2, 0.25) is 0 Å². The number of carbonyl (C=O) groups is 1. The van der Waals surface area contributed by atoms with Crippen LogP contribution in [0, 0.1) is 0 Å². The van der Waals surface area contributed by atoms with Gasteiger partial charge in [-0.05, 0) is 6.42 Å². The van der Waals surface area contributed by atoms with Gasteiger partial charge in [-0.1, -0.05) is 6.92 Å². The van der Waals surface area contributed by atoms with Crippen LogP contribution in [0.2, 0.25) is 0 Å². The van der Waals surface area contributed by atoms with Crippen molar-refractivity contribution in [1.29, 1.82) is 0 Å². The number of nitrogens with zero attached hydrogens (tertiary/aromatic N) is 1. The number of aliphatic hydroxyl groups excluding tert-OH is 2. The number of rotatable bonds is 6. The fourth-order valence-corrected chi connectivity index (χ4v) is 1.43. The number of amides is 1. The van der Waals surface area contributed by atoms with E-state index in [1.807, 2.05) is 6.92 Å². The Morgan fingerprint density at radius 1 is 1.15 bits per heavy atom. The summed E-state index contributed by atoms with van der Waals surface area (Å²) in [4.78, 5) is 10.9. The van der Waals surface area contributed by atoms with E-state index in [9.17, 15) is 4.79 Å². The molecular weight excluding hydrogens is 174 g/mol. The predicted molar refractivity (Wildman–Crippen MR) is 47.3 cm³/mol. The van der Waals surface area contributed by atoms with Crippen LogP contribution in [0.4, 0.5) is 4.79 Å². The van der Waals surface area contributed by atoms with Crippen LogP contribution in [0.1, 0.15) is 13.3 Å². The van der Waals surface area contributed by atoms with E-state index in [4.69, 9.17) is 15.3 Å². The summed E-state index contributed by atoms with van der Waals surface area (Å²) >= 11 is 0. The predicted octanol–water partition coefficient (Wildman–Crippen LogP) is -0.124. The average Bonchev–Trinajstić information content (AvgIpc) is 2.05. The number of hydrogen-bond donors (Lipinski definition) is 3. The van der Waals surface area contributed by atoms with E-state index in [0.29, 0.717) is 13.0 Å². The molecule has 0 aromatic rings. The zero-order valence-electron chi connectivity index (χ0n) is 7.94. The van der Waals surface area contributed by atoms with Crippen molar-refractivity contribution in [1.82, 2.24) is 0 Å². The van der Waals surface area contributed by atoms with Crippen molar-refractivity contribution in [3.63, 3.8) is 0 Å². The second kappa shape index (κ2) is 5.90. The molecule has 78 valence electrons. The van der Waals surface area contributed by atoms with Gasteiger partial charge in [-0.15, -0.1) is 0 Å². The summed E-state index contributed by atoms with van der Waals surface area (Å²) in [6, 6.07) is 0. The fraction of sp³-hybridized carbons (Fsp3) is 0.875. The van der Waals surface area contributed by atoms with Crippen LogP contribution in [-0.2, 0) is 0 Å². The van der Waals surface area contributed by atoms with Gasteiger partial charge in [-0.2, -0.15) is 4.79 Å². The van der Waals surface area contributed by atoms with Crippen LogP contribution < -0.4 is 0 Å². The normalized spacial score (nSPS) is 11.6. The topological polar surface area (TPSA) is 77.8 Å². The quantitative estimate of drug-likeness (QED) is 0.512. The molecule has 0 fully saturated rings. The van der Waals surface area contributed by atoms with Crippen LogP contribution in [0.3, 0.4) is 0 Å². The number of quaternary nitrogens is 1. The Balaban J connectivity index is 4.48. The molecule has 5 heteroatoms. The Morgan fingerprint density at radius 2 is 1.62 bits per heavy atom. The number of carboxylic acid groups (broad SMARTS) is 1. The molecule has 0 aliphatic carbocycles. The highest BCUT2D eigenvalue weighted by Gasteiger charge is 2.34. The third kappa shape index (κ3) is 3.30. The Bertz CT molecular complexity index is 143. The van der Waals surface area contributed by atoms with Crippen molar-refractivity contribution in [2.75, 3.05) is 32.8 Å². The zero-order valence-corrected chi connectivity index (χ0v) is 7.94. The number of aliphatic hydroxyl groups is 2. The summed E-state index contributed by atoms with van der Waals surface area (Å²) in [6.45, 7) is 2.28. The summed E-state index contributed by atoms with van der Waals surface area (Å²) in [6.07, 6.45) is -0.267. The summed E-state index contributed by atoms with van der Waals surface area (Å²) in [5.74, 6) is 0. The van der Waals surface area contributed by atoms with Crippen molar-refractivity contribution < 1.29 is 24.6 Å². The lowest BCUT2D eigenvalue weighted by Crippen LogP contribution is -2.55. The SMILES string of the molecule is CCC[N+](CCO)(CCO)C(=O)O. The first kappa shape index (κ1) is 12.3. The van der Waals surface area contributed by atoms with Gasteiger partial charge in [0.25, 0.3) is 0 Å². The third-order valence-corrected chi connectivity index (χ3v) is 2.11. The molecule has 3 N–H and O–H groups in total. The molecule has 13 heavy (non-hydrogen) atoms. The molecule has 0 spiro atoms. The molecule has 0 aliphatic rings. The van der Waals surface area contributed by atoms with Crippen molar-refractivity contribution in [3.8, 4) is 0 Å². The van der Waals surface area contributed by atoms with Crippen LogP contribution in [0.25, 0.3) is 0 Å². The summed E-state index contributed by atoms with van der Waals surface area (Å²) in [7, 11) is 0. The van der Waals surface area contributed by atoms with Crippen LogP contribution in [-0.4, -0.2) is 58.7 Å². The molecule has 1 amide bonds. The maximum absolute atomic E-state index is 10.9. The maximum atomic E-state index is 10.9. The highest BCUT2D eigenvalue weighted by atomic mass is 16.4. The second-order valence-electron chi connectivity index (χ2n) is 3.05. The molecular formula is C8H18NO4+. The fourth-order valence-electron chi connectivity index (χ4n) is 1.43. The minimum Gasteiger partial charge on any atom is -0.435 e. The molecule has 0 aliphatic heterocycles. The van der Waals surface area contributed by atoms with Crippen molar-refractivity contribution >= 4 is 6.09 Å². The van der Waals surface area contributed by atoms with E-state index >= 15 is 0 Å². The lowest BCUT2D eigenvalue weighted by Gasteiger charge is -2.30. The van der Waals surface area contributed by atoms with Crippen LogP contribution >= 0.6 is 0 Å². The van der Waals surface area contributed by atoms with Gasteiger partial charge < -0.3 is 15.3 Å². The second-order valence-corrected chi connectivity index (χ2v) is 3.05. The van der Waals surface area contributed by atoms with E-state index < -0.39 is 6.09 Å². The molecule has 0 heterocycles. The van der Waals surface area contributed by atoms with Crippen LogP contribution in [0.15, 0.2) is 0 Å². The largest absolute Gasteiger partial charge is 0.513 e. The maximum Gasteiger partial charge on any atom is 0.513 e. The van der Waals surface area contributed by atoms with Crippen molar-refractivity contribution in [2.45, 2.75) is 13.3 Å². The molecule has 0 bridgehead atoms. The molecule has 0 rings (SSSR count). The molecule has 0 aromatic heterocycles. The molecule has 0 aromatic carbocycles. The molecule has 0 saturated carbocycles. The van der Waals surface area contributed by atoms with Gasteiger partial charge in [0.1, 0.15) is 13.1 Å². The van der Waals surface area contributed by atoms with Crippen molar-refractivity contribution in [3.05, 3.63) is 0 Å². The molecule has 0 atom stereocenters. The van der Waals surface area contributed by atoms with E-state index in [2.05, 4.69) is 0 Å². The van der Waals surface area contributed by atoms with E-state index in [-0.39, 0.29) is 30.8 Å². The van der Waals surface area contributed by atoms with Crippen LogP contribution in [0.5, 0.6) is 0 Å². The first-order valence-electron chi connectivity index (χ1n) is 4.44. The van der Waals surface area contributed by atoms with Gasteiger partial charge in [-0.25, -0.2) is 4.48 Å². The summed E-state index contributed by atoms with van der Waals surface area (Å²) in [5.41, 5.74) is 0. The van der Waals surface area contributed by atoms with Gasteiger partial charge in [0.15, 0.2) is 0 Å². The average molecular weight is 192 g/mol. The highest BCUT2D eigenvalue weighted by Crippen LogP contribution is 2.08. The first-order valence-corrected chi connectivity index (χ1v) is 4.44. The minimum atomic E-state index is -0.982.